The van der Waals surface area contributed by atoms with Gasteiger partial charge >= 0.3 is 5.97 Å². The third-order valence-electron chi connectivity index (χ3n) is 2.61. The molecule has 6 nitrogen and oxygen atoms in total. The third kappa shape index (κ3) is 3.36. The third-order valence-corrected chi connectivity index (χ3v) is 3.13. The summed E-state index contributed by atoms with van der Waals surface area (Å²) in [6.07, 6.45) is 0. The van der Waals surface area contributed by atoms with Crippen LogP contribution in [-0.2, 0) is 6.54 Å². The van der Waals surface area contributed by atoms with Gasteiger partial charge in [-0.15, -0.1) is 0 Å². The van der Waals surface area contributed by atoms with E-state index in [4.69, 9.17) is 38.5 Å². The predicted octanol–water partition coefficient (Wildman–Crippen LogP) is 3.00. The van der Waals surface area contributed by atoms with Gasteiger partial charge in [-0.1, -0.05) is 23.2 Å². The number of carbonyl (C=O) groups excluding carboxylic acids is 1. The first kappa shape index (κ1) is 15.4. The highest BCUT2D eigenvalue weighted by Gasteiger charge is 2.19. The van der Waals surface area contributed by atoms with Crippen molar-refractivity contribution in [1.29, 1.82) is 0 Å². The van der Waals surface area contributed by atoms with Crippen molar-refractivity contribution in [2.24, 2.45) is 5.73 Å². The molecule has 0 bridgehead atoms. The van der Waals surface area contributed by atoms with Crippen LogP contribution >= 0.6 is 23.2 Å². The molecule has 1 heterocycles. The Morgan fingerprint density at radius 3 is 2.57 bits per heavy atom. The van der Waals surface area contributed by atoms with Crippen molar-refractivity contribution in [1.82, 2.24) is 0 Å². The number of carbonyl (C=O) groups is 2. The number of furan rings is 1. The minimum Gasteiger partial charge on any atom is -0.478 e. The SMILES string of the molecule is NCc1ccc(C(=O)Nc2c(Cl)cc(Cl)cc2C(=O)O)o1. The lowest BCUT2D eigenvalue weighted by Crippen LogP contribution is -2.14. The van der Waals surface area contributed by atoms with Gasteiger partial charge in [0.25, 0.3) is 5.91 Å². The van der Waals surface area contributed by atoms with Crippen molar-refractivity contribution in [3.8, 4) is 0 Å². The second-order valence-corrected chi connectivity index (χ2v) is 4.88. The van der Waals surface area contributed by atoms with Crippen molar-refractivity contribution in [2.45, 2.75) is 6.54 Å². The number of hydrogen-bond donors (Lipinski definition) is 3. The Kier molecular flexibility index (Phi) is 4.52. The molecule has 2 rings (SSSR count). The molecule has 2 aromatic rings. The standard InChI is InChI=1S/C13H10Cl2N2O4/c14-6-3-8(13(19)20)11(9(15)4-6)17-12(18)10-2-1-7(5-16)21-10/h1-4H,5,16H2,(H,17,18)(H,19,20). The van der Waals surface area contributed by atoms with E-state index in [1.807, 2.05) is 0 Å². The lowest BCUT2D eigenvalue weighted by atomic mass is 10.1. The first-order valence-electron chi connectivity index (χ1n) is 5.75. The Balaban J connectivity index is 2.34. The number of amides is 1. The van der Waals surface area contributed by atoms with E-state index in [-0.39, 0.29) is 33.6 Å². The summed E-state index contributed by atoms with van der Waals surface area (Å²) in [4.78, 5) is 23.2. The van der Waals surface area contributed by atoms with Gasteiger partial charge in [-0.3, -0.25) is 4.79 Å². The van der Waals surface area contributed by atoms with Gasteiger partial charge in [0.2, 0.25) is 0 Å². The van der Waals surface area contributed by atoms with E-state index < -0.39 is 11.9 Å². The fraction of sp³-hybridized carbons (Fsp3) is 0.0769. The molecule has 0 saturated heterocycles. The Bertz CT molecular complexity index is 712. The maximum Gasteiger partial charge on any atom is 0.337 e. The number of carboxylic acid groups (broad SMARTS) is 1. The molecule has 0 spiro atoms. The molecule has 0 aliphatic carbocycles. The quantitative estimate of drug-likeness (QED) is 0.799. The largest absolute Gasteiger partial charge is 0.478 e. The van der Waals surface area contributed by atoms with Crippen molar-refractivity contribution in [3.05, 3.63) is 51.4 Å². The predicted molar refractivity (Wildman–Crippen MR) is 78.0 cm³/mol. The van der Waals surface area contributed by atoms with Crippen LogP contribution in [0.1, 0.15) is 26.7 Å². The summed E-state index contributed by atoms with van der Waals surface area (Å²) in [5.41, 5.74) is 5.11. The Morgan fingerprint density at radius 1 is 1.29 bits per heavy atom. The molecule has 1 amide bonds. The van der Waals surface area contributed by atoms with Gasteiger partial charge in [-0.05, 0) is 24.3 Å². The van der Waals surface area contributed by atoms with E-state index >= 15 is 0 Å². The van der Waals surface area contributed by atoms with E-state index in [1.54, 1.807) is 6.07 Å². The van der Waals surface area contributed by atoms with Crippen LogP contribution in [0.15, 0.2) is 28.7 Å². The maximum atomic E-state index is 12.0. The molecular weight excluding hydrogens is 319 g/mol. The molecular formula is C13H10Cl2N2O4. The number of nitrogens with one attached hydrogen (secondary N) is 1. The summed E-state index contributed by atoms with van der Waals surface area (Å²) in [5, 5.41) is 11.7. The molecule has 0 aliphatic rings. The number of halogens is 2. The van der Waals surface area contributed by atoms with Crippen LogP contribution in [0.25, 0.3) is 0 Å². The number of aromatic carboxylic acids is 1. The molecule has 0 fully saturated rings. The highest BCUT2D eigenvalue weighted by molar-refractivity contribution is 6.38. The number of carboxylic acids is 1. The lowest BCUT2D eigenvalue weighted by Gasteiger charge is -2.10. The average molecular weight is 329 g/mol. The molecule has 0 saturated carbocycles. The first-order chi connectivity index (χ1) is 9.92. The second kappa shape index (κ2) is 6.17. The zero-order valence-corrected chi connectivity index (χ0v) is 12.0. The van der Waals surface area contributed by atoms with Gasteiger partial charge < -0.3 is 20.6 Å². The highest BCUT2D eigenvalue weighted by atomic mass is 35.5. The number of nitrogens with two attached hydrogens (primary N) is 1. The zero-order chi connectivity index (χ0) is 15.6. The van der Waals surface area contributed by atoms with Crippen LogP contribution in [0.2, 0.25) is 10.0 Å². The summed E-state index contributed by atoms with van der Waals surface area (Å²) in [7, 11) is 0. The highest BCUT2D eigenvalue weighted by Crippen LogP contribution is 2.30. The average Bonchev–Trinajstić information content (AvgIpc) is 2.90. The van der Waals surface area contributed by atoms with E-state index in [9.17, 15) is 9.59 Å². The number of anilines is 1. The maximum absolute atomic E-state index is 12.0. The molecule has 110 valence electrons. The van der Waals surface area contributed by atoms with Gasteiger partial charge in [-0.25, -0.2) is 4.79 Å². The molecule has 21 heavy (non-hydrogen) atoms. The van der Waals surface area contributed by atoms with Crippen molar-refractivity contribution >= 4 is 40.8 Å². The van der Waals surface area contributed by atoms with Crippen molar-refractivity contribution < 1.29 is 19.1 Å². The molecule has 0 radical (unpaired) electrons. The van der Waals surface area contributed by atoms with Crippen LogP contribution < -0.4 is 11.1 Å². The molecule has 8 heteroatoms. The fourth-order valence-electron chi connectivity index (χ4n) is 1.65. The molecule has 0 aliphatic heterocycles. The minimum absolute atomic E-state index is 0.00203. The van der Waals surface area contributed by atoms with Gasteiger partial charge in [0.1, 0.15) is 5.76 Å². The van der Waals surface area contributed by atoms with Gasteiger partial charge in [0.15, 0.2) is 5.76 Å². The number of rotatable bonds is 4. The van der Waals surface area contributed by atoms with E-state index in [0.717, 1.165) is 0 Å². The van der Waals surface area contributed by atoms with Crippen molar-refractivity contribution in [2.75, 3.05) is 5.32 Å². The topological polar surface area (TPSA) is 106 Å². The second-order valence-electron chi connectivity index (χ2n) is 4.04. The molecule has 4 N–H and O–H groups in total. The monoisotopic (exact) mass is 328 g/mol. The van der Waals surface area contributed by atoms with Gasteiger partial charge in [0, 0.05) is 5.02 Å². The smallest absolute Gasteiger partial charge is 0.337 e. The van der Waals surface area contributed by atoms with E-state index in [1.165, 1.54) is 18.2 Å². The Labute approximate surface area is 129 Å². The Morgan fingerprint density at radius 2 is 2.00 bits per heavy atom. The first-order valence-corrected chi connectivity index (χ1v) is 6.50. The molecule has 0 atom stereocenters. The molecule has 1 aromatic carbocycles. The van der Waals surface area contributed by atoms with E-state index in [0.29, 0.717) is 5.76 Å². The molecule has 0 unspecified atom stereocenters. The minimum atomic E-state index is -1.27. The summed E-state index contributed by atoms with van der Waals surface area (Å²) in [6.45, 7) is 0.148. The van der Waals surface area contributed by atoms with Crippen LogP contribution in [0, 0.1) is 0 Å². The Hall–Kier alpha value is -2.02. The summed E-state index contributed by atoms with van der Waals surface area (Å²) < 4.78 is 5.18. The molecule has 1 aromatic heterocycles. The number of benzene rings is 1. The van der Waals surface area contributed by atoms with Crippen LogP contribution in [0.5, 0.6) is 0 Å². The summed E-state index contributed by atoms with van der Waals surface area (Å²) >= 11 is 11.7. The fourth-order valence-corrected chi connectivity index (χ4v) is 2.19. The van der Waals surface area contributed by atoms with Gasteiger partial charge in [-0.2, -0.15) is 0 Å². The lowest BCUT2D eigenvalue weighted by molar-refractivity contribution is 0.0698. The number of hydrogen-bond acceptors (Lipinski definition) is 4. The van der Waals surface area contributed by atoms with Crippen LogP contribution in [-0.4, -0.2) is 17.0 Å². The van der Waals surface area contributed by atoms with Gasteiger partial charge in [0.05, 0.1) is 22.8 Å². The normalized spacial score (nSPS) is 10.4. The summed E-state index contributed by atoms with van der Waals surface area (Å²) in [5.74, 6) is -1.48. The zero-order valence-electron chi connectivity index (χ0n) is 10.5. The van der Waals surface area contributed by atoms with Crippen LogP contribution in [0.4, 0.5) is 5.69 Å². The van der Waals surface area contributed by atoms with E-state index in [2.05, 4.69) is 5.32 Å². The summed E-state index contributed by atoms with van der Waals surface area (Å²) in [6, 6.07) is 5.51. The van der Waals surface area contributed by atoms with Crippen molar-refractivity contribution in [3.63, 3.8) is 0 Å². The van der Waals surface area contributed by atoms with Crippen LogP contribution in [0.3, 0.4) is 0 Å².